The van der Waals surface area contributed by atoms with E-state index in [9.17, 15) is 24.0 Å². The third kappa shape index (κ3) is 6.86. The minimum atomic E-state index is -1.37. The number of carbonyl (C=O) groups is 5. The van der Waals surface area contributed by atoms with E-state index in [1.807, 2.05) is 0 Å². The Morgan fingerprint density at radius 3 is 2.07 bits per heavy atom. The first-order chi connectivity index (χ1) is 20.4. The molecule has 43 heavy (non-hydrogen) atoms. The van der Waals surface area contributed by atoms with E-state index >= 15 is 0 Å². The summed E-state index contributed by atoms with van der Waals surface area (Å²) in [5, 5.41) is 3.06. The van der Waals surface area contributed by atoms with Gasteiger partial charge < -0.3 is 14.8 Å². The summed E-state index contributed by atoms with van der Waals surface area (Å²) in [5.74, 6) is -5.53. The second-order valence-corrected chi connectivity index (χ2v) is 11.9. The molecule has 3 aromatic rings. The van der Waals surface area contributed by atoms with Crippen LogP contribution in [0.25, 0.3) is 0 Å². The Bertz CT molecular complexity index is 1560. The first kappa shape index (κ1) is 31.6. The Labute approximate surface area is 255 Å². The molecule has 4 rings (SSSR count). The standard InChI is InChI=1S/C34H34ClNO7/c1-19-16-22(35)10-15-27(19)36-33(41)32(40)29-31(39)26(28(37)18-34(29,2)3)17-25(20-6-11-23(42-4)12-7-20)30(38)21-8-13-24(43-5)14-9-21/h6-16,25-26,29H,17-18H2,1-5H3,(H,36,41)/t25-,26+,29+/m0/s1. The van der Waals surface area contributed by atoms with E-state index in [0.717, 1.165) is 0 Å². The van der Waals surface area contributed by atoms with Crippen LogP contribution in [0.2, 0.25) is 5.02 Å². The lowest BCUT2D eigenvalue weighted by Crippen LogP contribution is -2.52. The summed E-state index contributed by atoms with van der Waals surface area (Å²) in [7, 11) is 3.05. The molecule has 8 nitrogen and oxygen atoms in total. The van der Waals surface area contributed by atoms with Crippen molar-refractivity contribution in [2.75, 3.05) is 19.5 Å². The number of nitrogens with one attached hydrogen (secondary N) is 1. The quantitative estimate of drug-likeness (QED) is 0.171. The van der Waals surface area contributed by atoms with Gasteiger partial charge in [-0.1, -0.05) is 37.6 Å². The molecule has 1 N–H and O–H groups in total. The van der Waals surface area contributed by atoms with Gasteiger partial charge in [0.25, 0.3) is 5.91 Å². The number of carbonyl (C=O) groups excluding carboxylic acids is 5. The number of ketones is 4. The van der Waals surface area contributed by atoms with Crippen molar-refractivity contribution >= 4 is 46.3 Å². The zero-order valence-corrected chi connectivity index (χ0v) is 25.5. The zero-order chi connectivity index (χ0) is 31.5. The fraction of sp³-hybridized carbons (Fsp3) is 0.324. The highest BCUT2D eigenvalue weighted by Gasteiger charge is 2.53. The maximum atomic E-state index is 14.0. The summed E-state index contributed by atoms with van der Waals surface area (Å²) in [6.07, 6.45) is -0.244. The predicted octanol–water partition coefficient (Wildman–Crippen LogP) is 6.03. The molecule has 0 heterocycles. The van der Waals surface area contributed by atoms with Gasteiger partial charge in [0, 0.05) is 28.6 Å². The summed E-state index contributed by atoms with van der Waals surface area (Å²) < 4.78 is 10.5. The number of benzene rings is 3. The highest BCUT2D eigenvalue weighted by Crippen LogP contribution is 2.43. The van der Waals surface area contributed by atoms with Crippen molar-refractivity contribution in [1.82, 2.24) is 0 Å². The number of ether oxygens (including phenoxy) is 2. The number of anilines is 1. The summed E-state index contributed by atoms with van der Waals surface area (Å²) in [5.41, 5.74) is 0.911. The van der Waals surface area contributed by atoms with Gasteiger partial charge in [0.15, 0.2) is 11.6 Å². The molecule has 3 aromatic carbocycles. The number of halogens is 1. The Morgan fingerprint density at radius 1 is 0.930 bits per heavy atom. The number of amides is 1. The fourth-order valence-electron chi connectivity index (χ4n) is 5.66. The van der Waals surface area contributed by atoms with Crippen LogP contribution in [0.15, 0.2) is 66.7 Å². The van der Waals surface area contributed by atoms with Gasteiger partial charge in [0.05, 0.1) is 26.1 Å². The van der Waals surface area contributed by atoms with E-state index in [-0.39, 0.29) is 24.4 Å². The minimum Gasteiger partial charge on any atom is -0.497 e. The molecule has 0 radical (unpaired) electrons. The van der Waals surface area contributed by atoms with Crippen LogP contribution in [0, 0.1) is 24.2 Å². The fourth-order valence-corrected chi connectivity index (χ4v) is 5.88. The van der Waals surface area contributed by atoms with E-state index < -0.39 is 40.6 Å². The van der Waals surface area contributed by atoms with Gasteiger partial charge in [0.1, 0.15) is 17.3 Å². The summed E-state index contributed by atoms with van der Waals surface area (Å²) >= 11 is 6.01. The first-order valence-corrected chi connectivity index (χ1v) is 14.2. The molecule has 1 aliphatic rings. The molecule has 0 aromatic heterocycles. The Morgan fingerprint density at radius 2 is 1.51 bits per heavy atom. The smallest absolute Gasteiger partial charge is 0.292 e. The Kier molecular flexibility index (Phi) is 9.50. The average molecular weight is 604 g/mol. The van der Waals surface area contributed by atoms with Crippen molar-refractivity contribution in [3.05, 3.63) is 88.4 Å². The lowest BCUT2D eigenvalue weighted by Gasteiger charge is -2.39. The van der Waals surface area contributed by atoms with Crippen LogP contribution in [0.1, 0.15) is 54.1 Å². The lowest BCUT2D eigenvalue weighted by atomic mass is 9.60. The number of Topliss-reactive ketones (excluding diaryl/α,β-unsaturated/α-hetero) is 4. The van der Waals surface area contributed by atoms with Gasteiger partial charge in [-0.2, -0.15) is 0 Å². The topological polar surface area (TPSA) is 116 Å². The molecule has 9 heteroatoms. The van der Waals surface area contributed by atoms with Crippen molar-refractivity contribution in [2.24, 2.45) is 17.3 Å². The highest BCUT2D eigenvalue weighted by molar-refractivity contribution is 6.45. The van der Waals surface area contributed by atoms with E-state index in [0.29, 0.717) is 38.9 Å². The summed E-state index contributed by atoms with van der Waals surface area (Å²) in [6, 6.07) is 18.2. The van der Waals surface area contributed by atoms with Gasteiger partial charge >= 0.3 is 0 Å². The number of rotatable bonds is 10. The van der Waals surface area contributed by atoms with Gasteiger partial charge in [-0.3, -0.25) is 24.0 Å². The van der Waals surface area contributed by atoms with Crippen molar-refractivity contribution in [1.29, 1.82) is 0 Å². The average Bonchev–Trinajstić information content (AvgIpc) is 2.97. The second kappa shape index (κ2) is 12.9. The third-order valence-corrected chi connectivity index (χ3v) is 8.27. The Hall–Kier alpha value is -4.30. The molecule has 0 saturated heterocycles. The molecular formula is C34H34ClNO7. The SMILES string of the molecule is COc1ccc(C(=O)[C@@H](C[C@@H]2C(=O)CC(C)(C)[C@@H](C(=O)C(=O)Nc3ccc(Cl)cc3C)C2=O)c2ccc(OC)cc2)cc1. The van der Waals surface area contributed by atoms with Crippen LogP contribution in [0.4, 0.5) is 5.69 Å². The molecule has 1 amide bonds. The third-order valence-electron chi connectivity index (χ3n) is 8.03. The number of hydrogen-bond donors (Lipinski definition) is 1. The molecule has 224 valence electrons. The zero-order valence-electron chi connectivity index (χ0n) is 24.7. The van der Waals surface area contributed by atoms with Gasteiger partial charge in [-0.15, -0.1) is 0 Å². The van der Waals surface area contributed by atoms with Crippen molar-refractivity contribution < 1.29 is 33.4 Å². The number of methoxy groups -OCH3 is 2. The van der Waals surface area contributed by atoms with Crippen molar-refractivity contribution in [3.63, 3.8) is 0 Å². The normalized spacial score (nSPS) is 18.5. The van der Waals surface area contributed by atoms with Gasteiger partial charge in [-0.05, 0) is 84.5 Å². The highest BCUT2D eigenvalue weighted by atomic mass is 35.5. The van der Waals surface area contributed by atoms with E-state index in [1.54, 1.807) is 87.5 Å². The van der Waals surface area contributed by atoms with Gasteiger partial charge in [-0.25, -0.2) is 0 Å². The molecule has 3 atom stereocenters. The van der Waals surface area contributed by atoms with Crippen LogP contribution >= 0.6 is 11.6 Å². The molecule has 0 bridgehead atoms. The van der Waals surface area contributed by atoms with E-state index in [1.165, 1.54) is 14.2 Å². The molecule has 1 saturated carbocycles. The lowest BCUT2D eigenvalue weighted by molar-refractivity contribution is -0.153. The van der Waals surface area contributed by atoms with Crippen LogP contribution < -0.4 is 14.8 Å². The molecule has 0 unspecified atom stereocenters. The monoisotopic (exact) mass is 603 g/mol. The molecular weight excluding hydrogens is 570 g/mol. The summed E-state index contributed by atoms with van der Waals surface area (Å²) in [4.78, 5) is 67.9. The molecule has 0 spiro atoms. The predicted molar refractivity (Wildman–Crippen MR) is 163 cm³/mol. The maximum Gasteiger partial charge on any atom is 0.292 e. The maximum absolute atomic E-state index is 14.0. The van der Waals surface area contributed by atoms with Crippen LogP contribution in [-0.2, 0) is 19.2 Å². The van der Waals surface area contributed by atoms with Crippen LogP contribution in [-0.4, -0.2) is 43.3 Å². The van der Waals surface area contributed by atoms with E-state index in [4.69, 9.17) is 21.1 Å². The van der Waals surface area contributed by atoms with Crippen LogP contribution in [0.3, 0.4) is 0 Å². The molecule has 1 aliphatic carbocycles. The summed E-state index contributed by atoms with van der Waals surface area (Å²) in [6.45, 7) is 4.99. The van der Waals surface area contributed by atoms with Crippen molar-refractivity contribution in [2.45, 2.75) is 39.5 Å². The Balaban J connectivity index is 1.65. The number of hydrogen-bond acceptors (Lipinski definition) is 7. The van der Waals surface area contributed by atoms with E-state index in [2.05, 4.69) is 5.32 Å². The first-order valence-electron chi connectivity index (χ1n) is 13.9. The molecule has 1 fully saturated rings. The molecule has 0 aliphatic heterocycles. The van der Waals surface area contributed by atoms with Crippen molar-refractivity contribution in [3.8, 4) is 11.5 Å². The van der Waals surface area contributed by atoms with Crippen LogP contribution in [0.5, 0.6) is 11.5 Å². The van der Waals surface area contributed by atoms with Gasteiger partial charge in [0.2, 0.25) is 5.78 Å². The number of aryl methyl sites for hydroxylation is 1. The second-order valence-electron chi connectivity index (χ2n) is 11.5. The minimum absolute atomic E-state index is 0.0981. The largest absolute Gasteiger partial charge is 0.497 e.